The maximum absolute atomic E-state index is 11.6. The molecule has 1 heterocycles. The lowest BCUT2D eigenvalue weighted by Crippen LogP contribution is -1.88. The van der Waals surface area contributed by atoms with E-state index in [0.717, 1.165) is 0 Å². The normalized spacial score (nSPS) is 9.12. The van der Waals surface area contributed by atoms with Crippen molar-refractivity contribution in [3.8, 4) is 0 Å². The van der Waals surface area contributed by atoms with E-state index in [9.17, 15) is 9.18 Å². The van der Waals surface area contributed by atoms with E-state index < -0.39 is 6.04 Å². The van der Waals surface area contributed by atoms with E-state index in [0.29, 0.717) is 0 Å². The van der Waals surface area contributed by atoms with Crippen LogP contribution in [0.1, 0.15) is 10.5 Å². The second-order valence-electron chi connectivity index (χ2n) is 1.24. The topological polar surface area (TPSA) is 45.8 Å². The Labute approximate surface area is 44.5 Å². The van der Waals surface area contributed by atoms with Gasteiger partial charge in [0.05, 0.1) is 0 Å². The summed E-state index contributed by atoms with van der Waals surface area (Å²) in [5.74, 6) is 0. The van der Waals surface area contributed by atoms with E-state index in [1.54, 1.807) is 0 Å². The highest BCUT2D eigenvalue weighted by molar-refractivity contribution is 5.85. The Hall–Kier alpha value is -1.19. The van der Waals surface area contributed by atoms with Crippen molar-refractivity contribution < 1.29 is 9.18 Å². The summed E-state index contributed by atoms with van der Waals surface area (Å²) < 4.78 is 11.6. The fourth-order valence-electron chi connectivity index (χ4n) is 0.365. The summed E-state index contributed by atoms with van der Waals surface area (Å²) in [5, 5.41) is 5.52. The Morgan fingerprint density at radius 3 is 2.88 bits per heavy atom. The molecule has 0 radical (unpaired) electrons. The van der Waals surface area contributed by atoms with Crippen molar-refractivity contribution in [2.45, 2.75) is 0 Å². The molecule has 0 saturated heterocycles. The van der Waals surface area contributed by atoms with Gasteiger partial charge in [0.25, 0.3) is 0 Å². The monoisotopic (exact) mass is 114 g/mol. The zero-order valence-electron chi connectivity index (χ0n) is 3.89. The molecule has 3 nitrogen and oxygen atoms in total. The van der Waals surface area contributed by atoms with E-state index in [4.69, 9.17) is 0 Å². The minimum absolute atomic E-state index is 0.106. The van der Waals surface area contributed by atoms with Crippen molar-refractivity contribution in [1.82, 2.24) is 10.2 Å². The second-order valence-corrected chi connectivity index (χ2v) is 1.24. The molecule has 0 saturated carbocycles. The number of aromatic nitrogens is 2. The van der Waals surface area contributed by atoms with Gasteiger partial charge in [-0.25, -0.2) is 0 Å². The first-order valence-electron chi connectivity index (χ1n) is 2.00. The zero-order valence-corrected chi connectivity index (χ0v) is 3.89. The van der Waals surface area contributed by atoms with E-state index in [2.05, 4.69) is 10.2 Å². The number of carbonyl (C=O) groups excluding carboxylic acids is 1. The molecule has 1 rings (SSSR count). The molecule has 0 bridgehead atoms. The summed E-state index contributed by atoms with van der Waals surface area (Å²) in [6, 6.07) is -0.218. The van der Waals surface area contributed by atoms with Crippen LogP contribution in [0.5, 0.6) is 0 Å². The number of nitrogens with zero attached hydrogens (tertiary/aromatic N) is 1. The second kappa shape index (κ2) is 1.73. The first-order valence-corrected chi connectivity index (χ1v) is 2.00. The van der Waals surface area contributed by atoms with E-state index >= 15 is 0 Å². The Balaban J connectivity index is 2.93. The summed E-state index contributed by atoms with van der Waals surface area (Å²) in [5.41, 5.74) is -0.106. The lowest BCUT2D eigenvalue weighted by atomic mass is 10.5. The summed E-state index contributed by atoms with van der Waals surface area (Å²) in [4.78, 5) is 9.77. The molecule has 0 spiro atoms. The Bertz CT molecular complexity index is 182. The van der Waals surface area contributed by atoms with Gasteiger partial charge in [-0.15, -0.1) is 0 Å². The fourth-order valence-corrected chi connectivity index (χ4v) is 0.365. The van der Waals surface area contributed by atoms with Gasteiger partial charge in [0.1, 0.15) is 5.69 Å². The van der Waals surface area contributed by atoms with Gasteiger partial charge in [0.15, 0.2) is 0 Å². The van der Waals surface area contributed by atoms with Crippen LogP contribution in [0.25, 0.3) is 0 Å². The van der Waals surface area contributed by atoms with Gasteiger partial charge in [-0.2, -0.15) is 9.49 Å². The predicted molar refractivity (Wildman–Crippen MR) is 24.0 cm³/mol. The minimum atomic E-state index is -1.48. The molecule has 0 fully saturated rings. The van der Waals surface area contributed by atoms with Crippen LogP contribution in [-0.4, -0.2) is 16.2 Å². The maximum Gasteiger partial charge on any atom is 0.349 e. The molecular weight excluding hydrogens is 111 g/mol. The van der Waals surface area contributed by atoms with Crippen LogP contribution in [0, 0.1) is 0 Å². The summed E-state index contributed by atoms with van der Waals surface area (Å²) in [6.07, 6.45) is 1.31. The van der Waals surface area contributed by atoms with Crippen molar-refractivity contribution in [1.29, 1.82) is 0 Å². The van der Waals surface area contributed by atoms with E-state index in [1.165, 1.54) is 12.3 Å². The summed E-state index contributed by atoms with van der Waals surface area (Å²) >= 11 is 0. The molecule has 42 valence electrons. The maximum atomic E-state index is 11.6. The van der Waals surface area contributed by atoms with Gasteiger partial charge in [0, 0.05) is 6.20 Å². The number of nitrogens with one attached hydrogen (secondary N) is 1. The first kappa shape index (κ1) is 4.96. The molecule has 0 unspecified atom stereocenters. The molecule has 0 aliphatic carbocycles. The van der Waals surface area contributed by atoms with Gasteiger partial charge in [-0.1, -0.05) is 0 Å². The highest BCUT2D eigenvalue weighted by Gasteiger charge is 2.01. The number of hydrogen-bond acceptors (Lipinski definition) is 2. The van der Waals surface area contributed by atoms with Crippen LogP contribution >= 0.6 is 0 Å². The smallest absolute Gasteiger partial charge is 0.272 e. The number of halogens is 1. The molecule has 0 atom stereocenters. The molecular formula is C4H3FN2O. The molecule has 0 aliphatic heterocycles. The third-order valence-electron chi connectivity index (χ3n) is 0.712. The van der Waals surface area contributed by atoms with Gasteiger partial charge in [-0.05, 0) is 6.07 Å². The molecule has 1 N–H and O–H groups in total. The van der Waals surface area contributed by atoms with E-state index in [-0.39, 0.29) is 5.69 Å². The molecule has 1 aromatic heterocycles. The average molecular weight is 114 g/mol. The number of rotatable bonds is 1. The van der Waals surface area contributed by atoms with Crippen molar-refractivity contribution >= 4 is 6.04 Å². The summed E-state index contributed by atoms with van der Waals surface area (Å²) in [7, 11) is 0. The fraction of sp³-hybridized carbons (Fsp3) is 0. The van der Waals surface area contributed by atoms with Crippen LogP contribution in [0.15, 0.2) is 12.3 Å². The largest absolute Gasteiger partial charge is 0.349 e. The van der Waals surface area contributed by atoms with Gasteiger partial charge in [-0.3, -0.25) is 9.89 Å². The minimum Gasteiger partial charge on any atom is -0.272 e. The van der Waals surface area contributed by atoms with Crippen LogP contribution in [-0.2, 0) is 0 Å². The zero-order chi connectivity index (χ0) is 5.98. The molecule has 0 aliphatic rings. The van der Waals surface area contributed by atoms with Crippen molar-refractivity contribution in [3.63, 3.8) is 0 Å². The Kier molecular flexibility index (Phi) is 1.07. The van der Waals surface area contributed by atoms with Crippen LogP contribution in [0.3, 0.4) is 0 Å². The number of carbonyl (C=O) groups is 1. The third-order valence-corrected chi connectivity index (χ3v) is 0.712. The van der Waals surface area contributed by atoms with Gasteiger partial charge < -0.3 is 0 Å². The SMILES string of the molecule is O=C(F)c1ccn[nH]1. The number of aromatic amines is 1. The third kappa shape index (κ3) is 0.726. The number of hydrogen-bond donors (Lipinski definition) is 1. The van der Waals surface area contributed by atoms with Crippen LogP contribution < -0.4 is 0 Å². The summed E-state index contributed by atoms with van der Waals surface area (Å²) in [6.45, 7) is 0. The predicted octanol–water partition coefficient (Wildman–Crippen LogP) is 0.519. The van der Waals surface area contributed by atoms with Gasteiger partial charge in [0.2, 0.25) is 0 Å². The molecule has 1 aromatic rings. The van der Waals surface area contributed by atoms with Crippen LogP contribution in [0.4, 0.5) is 4.39 Å². The lowest BCUT2D eigenvalue weighted by molar-refractivity contribution is 0.0830. The lowest BCUT2D eigenvalue weighted by Gasteiger charge is -1.75. The highest BCUT2D eigenvalue weighted by atomic mass is 19.1. The molecule has 4 heteroatoms. The molecule has 0 aromatic carbocycles. The molecule has 8 heavy (non-hydrogen) atoms. The van der Waals surface area contributed by atoms with Crippen molar-refractivity contribution in [3.05, 3.63) is 18.0 Å². The standard InChI is InChI=1S/C4H3FN2O/c5-4(8)3-1-2-6-7-3/h1-2H,(H,6,7). The average Bonchev–Trinajstić information content (AvgIpc) is 2.12. The van der Waals surface area contributed by atoms with Crippen LogP contribution in [0.2, 0.25) is 0 Å². The Morgan fingerprint density at radius 1 is 1.88 bits per heavy atom. The quantitative estimate of drug-likeness (QED) is 0.541. The van der Waals surface area contributed by atoms with Crippen molar-refractivity contribution in [2.24, 2.45) is 0 Å². The van der Waals surface area contributed by atoms with E-state index in [1.807, 2.05) is 0 Å². The molecule has 0 amide bonds. The Morgan fingerprint density at radius 2 is 2.62 bits per heavy atom. The highest BCUT2D eigenvalue weighted by Crippen LogP contribution is 1.92. The van der Waals surface area contributed by atoms with Gasteiger partial charge >= 0.3 is 6.04 Å². The first-order chi connectivity index (χ1) is 3.80. The number of H-pyrrole nitrogens is 1. The van der Waals surface area contributed by atoms with Crippen molar-refractivity contribution in [2.75, 3.05) is 0 Å².